The summed E-state index contributed by atoms with van der Waals surface area (Å²) in [6, 6.07) is 8.98. The van der Waals surface area contributed by atoms with Crippen molar-refractivity contribution in [2.45, 2.75) is 26.2 Å². The van der Waals surface area contributed by atoms with Crippen LogP contribution in [0.5, 0.6) is 5.75 Å². The van der Waals surface area contributed by atoms with Crippen LogP contribution in [0, 0.1) is 10.1 Å². The standard InChI is InChI=1S/C21H20BrN5O5/c1-21(2,3)20-25-16-6-4-13(22)9-15(16)19(29)26(20)24-10-12-8-14(27(30)31)5-7-17(12)32-11-18(23)28/h4-10H,11H2,1-3H3,(H2,23,28). The van der Waals surface area contributed by atoms with Gasteiger partial charge in [-0.3, -0.25) is 19.7 Å². The molecule has 0 aliphatic carbocycles. The molecular formula is C21H20BrN5O5. The van der Waals surface area contributed by atoms with Crippen LogP contribution in [0.2, 0.25) is 0 Å². The largest absolute Gasteiger partial charge is 0.483 e. The fourth-order valence-corrected chi connectivity index (χ4v) is 3.25. The number of non-ortho nitro benzene ring substituents is 1. The molecule has 1 aromatic heterocycles. The molecule has 10 nitrogen and oxygen atoms in total. The molecule has 11 heteroatoms. The van der Waals surface area contributed by atoms with Gasteiger partial charge in [-0.25, -0.2) is 4.98 Å². The van der Waals surface area contributed by atoms with Gasteiger partial charge in [-0.2, -0.15) is 9.78 Å². The van der Waals surface area contributed by atoms with Gasteiger partial charge in [0.1, 0.15) is 11.6 Å². The van der Waals surface area contributed by atoms with Gasteiger partial charge in [0.05, 0.1) is 22.0 Å². The number of amides is 1. The first kappa shape index (κ1) is 23.1. The highest BCUT2D eigenvalue weighted by atomic mass is 79.9. The third-order valence-electron chi connectivity index (χ3n) is 4.37. The van der Waals surface area contributed by atoms with Crippen molar-refractivity contribution in [2.24, 2.45) is 10.8 Å². The van der Waals surface area contributed by atoms with E-state index >= 15 is 0 Å². The van der Waals surface area contributed by atoms with Gasteiger partial charge in [-0.05, 0) is 24.3 Å². The normalized spacial score (nSPS) is 11.8. The lowest BCUT2D eigenvalue weighted by atomic mass is 9.95. The van der Waals surface area contributed by atoms with E-state index in [-0.39, 0.29) is 17.0 Å². The van der Waals surface area contributed by atoms with Crippen molar-refractivity contribution >= 4 is 44.6 Å². The minimum absolute atomic E-state index is 0.153. The number of halogens is 1. The Morgan fingerprint density at radius 2 is 2.03 bits per heavy atom. The Balaban J connectivity index is 2.20. The number of nitro groups is 1. The summed E-state index contributed by atoms with van der Waals surface area (Å²) in [5, 5.41) is 15.8. The van der Waals surface area contributed by atoms with Crippen LogP contribution in [0.25, 0.3) is 10.9 Å². The molecule has 0 spiro atoms. The van der Waals surface area contributed by atoms with Crippen molar-refractivity contribution in [3.63, 3.8) is 0 Å². The van der Waals surface area contributed by atoms with E-state index in [1.165, 1.54) is 24.4 Å². The molecule has 0 saturated heterocycles. The van der Waals surface area contributed by atoms with Crippen molar-refractivity contribution in [3.8, 4) is 5.75 Å². The number of rotatable bonds is 6. The molecule has 0 unspecified atom stereocenters. The van der Waals surface area contributed by atoms with Crippen molar-refractivity contribution in [1.82, 2.24) is 9.66 Å². The highest BCUT2D eigenvalue weighted by Gasteiger charge is 2.23. The van der Waals surface area contributed by atoms with E-state index in [1.807, 2.05) is 20.8 Å². The van der Waals surface area contributed by atoms with Gasteiger partial charge >= 0.3 is 0 Å². The molecule has 32 heavy (non-hydrogen) atoms. The molecule has 1 heterocycles. The fourth-order valence-electron chi connectivity index (χ4n) is 2.89. The Hall–Kier alpha value is -3.60. The number of carbonyl (C=O) groups is 1. The Morgan fingerprint density at radius 3 is 2.66 bits per heavy atom. The van der Waals surface area contributed by atoms with Crippen molar-refractivity contribution < 1.29 is 14.5 Å². The number of ether oxygens (including phenoxy) is 1. The summed E-state index contributed by atoms with van der Waals surface area (Å²) in [6.07, 6.45) is 1.26. The summed E-state index contributed by atoms with van der Waals surface area (Å²) < 4.78 is 7.21. The maximum absolute atomic E-state index is 13.2. The van der Waals surface area contributed by atoms with E-state index in [1.54, 1.807) is 18.2 Å². The monoisotopic (exact) mass is 501 g/mol. The van der Waals surface area contributed by atoms with Crippen molar-refractivity contribution in [2.75, 3.05) is 6.61 Å². The van der Waals surface area contributed by atoms with Crippen LogP contribution < -0.4 is 16.0 Å². The van der Waals surface area contributed by atoms with Gasteiger partial charge < -0.3 is 10.5 Å². The lowest BCUT2D eigenvalue weighted by Gasteiger charge is -2.21. The molecule has 2 aromatic carbocycles. The van der Waals surface area contributed by atoms with Crippen LogP contribution >= 0.6 is 15.9 Å². The van der Waals surface area contributed by atoms with E-state index in [0.717, 1.165) is 4.68 Å². The van der Waals surface area contributed by atoms with Crippen LogP contribution in [0.1, 0.15) is 32.2 Å². The topological polar surface area (TPSA) is 143 Å². The molecule has 1 amide bonds. The molecule has 0 fully saturated rings. The van der Waals surface area contributed by atoms with Gasteiger partial charge in [0.15, 0.2) is 6.61 Å². The third-order valence-corrected chi connectivity index (χ3v) is 4.86. The maximum atomic E-state index is 13.2. The molecule has 2 N–H and O–H groups in total. The Bertz CT molecular complexity index is 1310. The molecule has 0 bridgehead atoms. The zero-order chi connectivity index (χ0) is 23.6. The van der Waals surface area contributed by atoms with E-state index in [2.05, 4.69) is 26.0 Å². The van der Waals surface area contributed by atoms with Gasteiger partial charge in [0, 0.05) is 27.6 Å². The molecule has 0 aliphatic heterocycles. The van der Waals surface area contributed by atoms with Crippen molar-refractivity contribution in [3.05, 3.63) is 72.7 Å². The minimum atomic E-state index is -0.707. The average molecular weight is 502 g/mol. The predicted molar refractivity (Wildman–Crippen MR) is 123 cm³/mol. The SMILES string of the molecule is CC(C)(C)c1nc2ccc(Br)cc2c(=O)n1N=Cc1cc([N+](=O)[O-])ccc1OCC(N)=O. The number of carbonyl (C=O) groups excluding carboxylic acids is 1. The van der Waals surface area contributed by atoms with Crippen LogP contribution in [0.4, 0.5) is 5.69 Å². The predicted octanol–water partition coefficient (Wildman–Crippen LogP) is 3.11. The molecule has 3 aromatic rings. The lowest BCUT2D eigenvalue weighted by molar-refractivity contribution is -0.384. The second-order valence-electron chi connectivity index (χ2n) is 7.94. The van der Waals surface area contributed by atoms with Crippen LogP contribution in [0.3, 0.4) is 0 Å². The second-order valence-corrected chi connectivity index (χ2v) is 8.86. The van der Waals surface area contributed by atoms with Gasteiger partial charge in [0.2, 0.25) is 0 Å². The van der Waals surface area contributed by atoms with E-state index in [0.29, 0.717) is 21.2 Å². The number of fused-ring (bicyclic) bond motifs is 1. The molecule has 166 valence electrons. The number of benzene rings is 2. The molecule has 0 saturated carbocycles. The number of nitrogens with zero attached hydrogens (tertiary/aromatic N) is 4. The zero-order valence-electron chi connectivity index (χ0n) is 17.5. The summed E-state index contributed by atoms with van der Waals surface area (Å²) in [7, 11) is 0. The quantitative estimate of drug-likeness (QED) is 0.312. The summed E-state index contributed by atoms with van der Waals surface area (Å²) in [5.41, 5.74) is 4.70. The zero-order valence-corrected chi connectivity index (χ0v) is 19.1. The summed E-state index contributed by atoms with van der Waals surface area (Å²) in [6.45, 7) is 5.25. The fraction of sp³-hybridized carbons (Fsp3) is 0.238. The first-order valence-electron chi connectivity index (χ1n) is 9.44. The van der Waals surface area contributed by atoms with Gasteiger partial charge in [0.25, 0.3) is 17.2 Å². The molecular weight excluding hydrogens is 482 g/mol. The summed E-state index contributed by atoms with van der Waals surface area (Å²) >= 11 is 3.35. The van der Waals surface area contributed by atoms with Gasteiger partial charge in [-0.15, -0.1) is 0 Å². The van der Waals surface area contributed by atoms with E-state index < -0.39 is 28.4 Å². The van der Waals surface area contributed by atoms with E-state index in [9.17, 15) is 19.7 Å². The van der Waals surface area contributed by atoms with Crippen molar-refractivity contribution in [1.29, 1.82) is 0 Å². The van der Waals surface area contributed by atoms with Gasteiger partial charge in [-0.1, -0.05) is 36.7 Å². The highest BCUT2D eigenvalue weighted by Crippen LogP contribution is 2.25. The lowest BCUT2D eigenvalue weighted by Crippen LogP contribution is -2.29. The first-order chi connectivity index (χ1) is 15.0. The number of nitrogens with two attached hydrogens (primary N) is 1. The third kappa shape index (κ3) is 4.99. The van der Waals surface area contributed by atoms with Crippen LogP contribution in [-0.4, -0.2) is 33.3 Å². The highest BCUT2D eigenvalue weighted by molar-refractivity contribution is 9.10. The number of primary amides is 1. The number of aromatic nitrogens is 2. The Labute approximate surface area is 191 Å². The first-order valence-corrected chi connectivity index (χ1v) is 10.2. The average Bonchev–Trinajstić information content (AvgIpc) is 2.71. The molecule has 0 atom stereocenters. The number of hydrogen-bond acceptors (Lipinski definition) is 7. The maximum Gasteiger partial charge on any atom is 0.282 e. The molecule has 3 rings (SSSR count). The minimum Gasteiger partial charge on any atom is -0.483 e. The van der Waals surface area contributed by atoms with Crippen LogP contribution in [0.15, 0.2) is 50.8 Å². The molecule has 0 radical (unpaired) electrons. The number of nitro benzene ring substituents is 1. The summed E-state index contributed by atoms with van der Waals surface area (Å²) in [4.78, 5) is 39.6. The molecule has 0 aliphatic rings. The Morgan fingerprint density at radius 1 is 1.31 bits per heavy atom. The second kappa shape index (κ2) is 8.87. The smallest absolute Gasteiger partial charge is 0.282 e. The van der Waals surface area contributed by atoms with Crippen LogP contribution in [-0.2, 0) is 10.2 Å². The summed E-state index contributed by atoms with van der Waals surface area (Å²) in [5.74, 6) is -0.152. The Kier molecular flexibility index (Phi) is 6.40. The van der Waals surface area contributed by atoms with E-state index in [4.69, 9.17) is 10.5 Å². The number of hydrogen-bond donors (Lipinski definition) is 1.